The van der Waals surface area contributed by atoms with Crippen LogP contribution in [-0.4, -0.2) is 9.55 Å². The van der Waals surface area contributed by atoms with Gasteiger partial charge in [0.05, 0.1) is 24.9 Å². The fourth-order valence-electron chi connectivity index (χ4n) is 2.25. The lowest BCUT2D eigenvalue weighted by atomic mass is 10.2. The summed E-state index contributed by atoms with van der Waals surface area (Å²) in [5, 5.41) is 10.1. The second-order valence-electron chi connectivity index (χ2n) is 4.62. The number of nitrogens with zero attached hydrogens (tertiary/aromatic N) is 4. The van der Waals surface area contributed by atoms with Gasteiger partial charge in [0.2, 0.25) is 0 Å². The van der Waals surface area contributed by atoms with E-state index >= 15 is 0 Å². The van der Waals surface area contributed by atoms with E-state index in [1.807, 2.05) is 0 Å². The van der Waals surface area contributed by atoms with Crippen LogP contribution in [0, 0.1) is 17.9 Å². The van der Waals surface area contributed by atoms with Gasteiger partial charge in [-0.05, 0) is 31.5 Å². The molecule has 22 heavy (non-hydrogen) atoms. The Morgan fingerprint density at radius 2 is 2.18 bits per heavy atom. The van der Waals surface area contributed by atoms with Gasteiger partial charge in [0.25, 0.3) is 0 Å². The Hall–Kier alpha value is -2.28. The highest BCUT2D eigenvalue weighted by molar-refractivity contribution is 7.99. The molecule has 0 radical (unpaired) electrons. The van der Waals surface area contributed by atoms with Crippen LogP contribution in [0.2, 0.25) is 0 Å². The van der Waals surface area contributed by atoms with Crippen LogP contribution in [0.1, 0.15) is 30.9 Å². The molecule has 1 aromatic carbocycles. The van der Waals surface area contributed by atoms with Crippen molar-refractivity contribution in [3.8, 4) is 6.07 Å². The molecule has 112 valence electrons. The SMILES string of the molecule is [C-]#[N+]c1cc(C#N)cc(Sc2c(CC)nc(CN)n2CC)c1. The van der Waals surface area contributed by atoms with Gasteiger partial charge in [-0.3, -0.25) is 0 Å². The Balaban J connectivity index is 2.49. The first-order valence-electron chi connectivity index (χ1n) is 7.05. The first-order valence-corrected chi connectivity index (χ1v) is 7.87. The van der Waals surface area contributed by atoms with Crippen molar-refractivity contribution in [2.75, 3.05) is 0 Å². The van der Waals surface area contributed by atoms with E-state index < -0.39 is 0 Å². The van der Waals surface area contributed by atoms with Gasteiger partial charge < -0.3 is 10.3 Å². The molecule has 0 saturated heterocycles. The summed E-state index contributed by atoms with van der Waals surface area (Å²) >= 11 is 1.54. The normalized spacial score (nSPS) is 10.2. The monoisotopic (exact) mass is 311 g/mol. The van der Waals surface area contributed by atoms with E-state index in [9.17, 15) is 0 Å². The second-order valence-corrected chi connectivity index (χ2v) is 5.69. The number of imidazole rings is 1. The first-order chi connectivity index (χ1) is 10.7. The Labute approximate surface area is 134 Å². The number of nitrogens with two attached hydrogens (primary N) is 1. The zero-order chi connectivity index (χ0) is 16.1. The molecule has 0 unspecified atom stereocenters. The number of aromatic nitrogens is 2. The molecule has 2 N–H and O–H groups in total. The standard InChI is InChI=1S/C16H17N5S/c1-4-14-16(21(5-2)15(10-18)20-14)22-13-7-11(9-17)6-12(8-13)19-3/h6-8H,4-5,10,18H2,1-2H3. The number of rotatable bonds is 5. The highest BCUT2D eigenvalue weighted by atomic mass is 32.2. The molecule has 0 aliphatic heterocycles. The molecule has 0 fully saturated rings. The number of hydrogen-bond donors (Lipinski definition) is 1. The average Bonchev–Trinajstić information content (AvgIpc) is 2.90. The predicted molar refractivity (Wildman–Crippen MR) is 86.7 cm³/mol. The van der Waals surface area contributed by atoms with Gasteiger partial charge >= 0.3 is 0 Å². The molecule has 5 nitrogen and oxygen atoms in total. The summed E-state index contributed by atoms with van der Waals surface area (Å²) in [7, 11) is 0. The van der Waals surface area contributed by atoms with Crippen LogP contribution in [0.4, 0.5) is 5.69 Å². The number of hydrogen-bond acceptors (Lipinski definition) is 4. The molecule has 0 aliphatic rings. The van der Waals surface area contributed by atoms with Crippen LogP contribution in [0.25, 0.3) is 4.85 Å². The number of nitriles is 1. The van der Waals surface area contributed by atoms with E-state index in [2.05, 4.69) is 34.3 Å². The van der Waals surface area contributed by atoms with Crippen LogP contribution >= 0.6 is 11.8 Å². The van der Waals surface area contributed by atoms with Crippen LogP contribution in [0.5, 0.6) is 0 Å². The van der Waals surface area contributed by atoms with Crippen molar-refractivity contribution in [1.82, 2.24) is 9.55 Å². The Kier molecular flexibility index (Phi) is 5.21. The molecule has 2 aromatic rings. The third-order valence-corrected chi connectivity index (χ3v) is 4.39. The van der Waals surface area contributed by atoms with Crippen molar-refractivity contribution < 1.29 is 0 Å². The second kappa shape index (κ2) is 7.13. The summed E-state index contributed by atoms with van der Waals surface area (Å²) in [6.07, 6.45) is 0.815. The zero-order valence-corrected chi connectivity index (χ0v) is 13.4. The Morgan fingerprint density at radius 3 is 2.73 bits per heavy atom. The van der Waals surface area contributed by atoms with E-state index in [1.54, 1.807) is 18.2 Å². The maximum atomic E-state index is 9.10. The summed E-state index contributed by atoms with van der Waals surface area (Å²) in [5.74, 6) is 0.865. The van der Waals surface area contributed by atoms with Crippen molar-refractivity contribution in [2.45, 2.75) is 43.3 Å². The molecule has 0 atom stereocenters. The lowest BCUT2D eigenvalue weighted by Crippen LogP contribution is -2.07. The lowest BCUT2D eigenvalue weighted by molar-refractivity contribution is 0.648. The van der Waals surface area contributed by atoms with Crippen molar-refractivity contribution in [1.29, 1.82) is 5.26 Å². The number of aryl methyl sites for hydroxylation is 1. The summed E-state index contributed by atoms with van der Waals surface area (Å²) in [4.78, 5) is 8.90. The van der Waals surface area contributed by atoms with Crippen LogP contribution in [0.3, 0.4) is 0 Å². The van der Waals surface area contributed by atoms with Crippen molar-refractivity contribution in [2.24, 2.45) is 5.73 Å². The lowest BCUT2D eigenvalue weighted by Gasteiger charge is -2.09. The summed E-state index contributed by atoms with van der Waals surface area (Å²) in [6, 6.07) is 7.30. The smallest absolute Gasteiger partial charge is 0.189 e. The zero-order valence-electron chi connectivity index (χ0n) is 12.6. The highest BCUT2D eigenvalue weighted by Crippen LogP contribution is 2.34. The van der Waals surface area contributed by atoms with Gasteiger partial charge in [-0.25, -0.2) is 9.83 Å². The molecular weight excluding hydrogens is 294 g/mol. The Bertz CT molecular complexity index is 732. The summed E-state index contributed by atoms with van der Waals surface area (Å²) in [6.45, 7) is 12.5. The molecule has 2 rings (SSSR count). The fourth-order valence-corrected chi connectivity index (χ4v) is 3.49. The predicted octanol–water partition coefficient (Wildman–Crippen LogP) is 3.50. The molecule has 0 spiro atoms. The van der Waals surface area contributed by atoms with Gasteiger partial charge in [-0.15, -0.1) is 0 Å². The van der Waals surface area contributed by atoms with Crippen LogP contribution in [-0.2, 0) is 19.5 Å². The topological polar surface area (TPSA) is 72.0 Å². The molecule has 0 amide bonds. The van der Waals surface area contributed by atoms with Gasteiger partial charge in [0, 0.05) is 17.0 Å². The quantitative estimate of drug-likeness (QED) is 0.858. The minimum absolute atomic E-state index is 0.396. The minimum atomic E-state index is 0.396. The molecule has 6 heteroatoms. The Morgan fingerprint density at radius 1 is 1.41 bits per heavy atom. The minimum Gasteiger partial charge on any atom is -0.324 e. The fraction of sp³-hybridized carbons (Fsp3) is 0.312. The summed E-state index contributed by atoms with van der Waals surface area (Å²) < 4.78 is 2.10. The summed E-state index contributed by atoms with van der Waals surface area (Å²) in [5.41, 5.74) is 7.74. The van der Waals surface area contributed by atoms with Crippen molar-refractivity contribution in [3.63, 3.8) is 0 Å². The van der Waals surface area contributed by atoms with Crippen molar-refractivity contribution >= 4 is 17.4 Å². The number of benzene rings is 1. The average molecular weight is 311 g/mol. The molecule has 1 heterocycles. The van der Waals surface area contributed by atoms with Gasteiger partial charge in [0.1, 0.15) is 10.9 Å². The van der Waals surface area contributed by atoms with E-state index in [1.165, 1.54) is 11.8 Å². The maximum absolute atomic E-state index is 9.10. The van der Waals surface area contributed by atoms with Gasteiger partial charge in [-0.2, -0.15) is 5.26 Å². The largest absolute Gasteiger partial charge is 0.324 e. The van der Waals surface area contributed by atoms with Crippen molar-refractivity contribution in [3.05, 3.63) is 46.7 Å². The molecule has 0 bridgehead atoms. The van der Waals surface area contributed by atoms with E-state index in [-0.39, 0.29) is 0 Å². The van der Waals surface area contributed by atoms with Crippen LogP contribution in [0.15, 0.2) is 28.1 Å². The molecule has 0 aliphatic carbocycles. The highest BCUT2D eigenvalue weighted by Gasteiger charge is 2.16. The third-order valence-electron chi connectivity index (χ3n) is 3.27. The third kappa shape index (κ3) is 3.14. The maximum Gasteiger partial charge on any atom is 0.189 e. The molecule has 0 saturated carbocycles. The molecule has 1 aromatic heterocycles. The first kappa shape index (κ1) is 16.1. The van der Waals surface area contributed by atoms with Gasteiger partial charge in [-0.1, -0.05) is 18.7 Å². The van der Waals surface area contributed by atoms with E-state index in [0.717, 1.165) is 34.4 Å². The van der Waals surface area contributed by atoms with E-state index in [4.69, 9.17) is 17.6 Å². The van der Waals surface area contributed by atoms with E-state index in [0.29, 0.717) is 17.8 Å². The van der Waals surface area contributed by atoms with Crippen LogP contribution < -0.4 is 5.73 Å². The molecular formula is C16H17N5S. The van der Waals surface area contributed by atoms with Gasteiger partial charge in [0.15, 0.2) is 5.69 Å².